The first kappa shape index (κ1) is 12.6. The normalized spacial score (nSPS) is 12.9. The zero-order valence-electron chi connectivity index (χ0n) is 9.47. The number of methoxy groups -OCH3 is 1. The minimum atomic E-state index is -0.234. The Morgan fingerprint density at radius 1 is 1.65 bits per heavy atom. The van der Waals surface area contributed by atoms with Crippen molar-refractivity contribution in [3.8, 4) is 0 Å². The average Bonchev–Trinajstić information content (AvgIpc) is 2.95. The van der Waals surface area contributed by atoms with Crippen LogP contribution in [0.15, 0.2) is 23.7 Å². The lowest BCUT2D eigenvalue weighted by molar-refractivity contribution is 0.182. The van der Waals surface area contributed by atoms with E-state index in [0.29, 0.717) is 18.2 Å². The van der Waals surface area contributed by atoms with Gasteiger partial charge in [0.1, 0.15) is 0 Å². The number of aromatic nitrogens is 2. The van der Waals surface area contributed by atoms with E-state index in [4.69, 9.17) is 22.1 Å². The maximum absolute atomic E-state index is 6.20. The number of nitrogens with zero attached hydrogens (tertiary/aromatic N) is 2. The SMILES string of the molecule is COCCn1ncc(Cl)c1C(N)c1cccs1. The van der Waals surface area contributed by atoms with Crippen molar-refractivity contribution in [3.63, 3.8) is 0 Å². The third kappa shape index (κ3) is 2.69. The van der Waals surface area contributed by atoms with Crippen LogP contribution in [0.2, 0.25) is 5.02 Å². The molecule has 0 bridgehead atoms. The van der Waals surface area contributed by atoms with Gasteiger partial charge in [0.05, 0.1) is 36.1 Å². The van der Waals surface area contributed by atoms with Gasteiger partial charge in [0.2, 0.25) is 0 Å². The molecule has 0 saturated heterocycles. The fourth-order valence-electron chi connectivity index (χ4n) is 1.64. The average molecular weight is 272 g/mol. The highest BCUT2D eigenvalue weighted by molar-refractivity contribution is 7.10. The maximum Gasteiger partial charge on any atom is 0.0838 e. The monoisotopic (exact) mass is 271 g/mol. The highest BCUT2D eigenvalue weighted by Crippen LogP contribution is 2.28. The van der Waals surface area contributed by atoms with Gasteiger partial charge in [-0.3, -0.25) is 4.68 Å². The van der Waals surface area contributed by atoms with Crippen molar-refractivity contribution in [2.75, 3.05) is 13.7 Å². The molecule has 0 amide bonds. The number of hydrogen-bond acceptors (Lipinski definition) is 4. The van der Waals surface area contributed by atoms with Crippen molar-refractivity contribution in [2.24, 2.45) is 5.73 Å². The van der Waals surface area contributed by atoms with Gasteiger partial charge in [0.15, 0.2) is 0 Å². The summed E-state index contributed by atoms with van der Waals surface area (Å²) in [7, 11) is 1.66. The third-order valence-corrected chi connectivity index (χ3v) is 3.73. The standard InChI is InChI=1S/C11H14ClN3OS/c1-16-5-4-15-11(8(12)7-14-15)10(13)9-3-2-6-17-9/h2-3,6-7,10H,4-5,13H2,1H3. The molecule has 0 aliphatic carbocycles. The lowest BCUT2D eigenvalue weighted by Gasteiger charge is -2.13. The van der Waals surface area contributed by atoms with E-state index in [9.17, 15) is 0 Å². The number of ether oxygens (including phenoxy) is 1. The molecule has 0 aromatic carbocycles. The number of hydrogen-bond donors (Lipinski definition) is 1. The van der Waals surface area contributed by atoms with Crippen molar-refractivity contribution in [1.82, 2.24) is 9.78 Å². The van der Waals surface area contributed by atoms with Gasteiger partial charge < -0.3 is 10.5 Å². The summed E-state index contributed by atoms with van der Waals surface area (Å²) in [6, 6.07) is 3.74. The van der Waals surface area contributed by atoms with E-state index in [1.54, 1.807) is 29.3 Å². The van der Waals surface area contributed by atoms with Crippen LogP contribution in [-0.2, 0) is 11.3 Å². The van der Waals surface area contributed by atoms with Crippen molar-refractivity contribution >= 4 is 22.9 Å². The van der Waals surface area contributed by atoms with Gasteiger partial charge in [-0.15, -0.1) is 11.3 Å². The molecular formula is C11H14ClN3OS. The summed E-state index contributed by atoms with van der Waals surface area (Å²) in [4.78, 5) is 1.08. The molecule has 17 heavy (non-hydrogen) atoms. The van der Waals surface area contributed by atoms with Gasteiger partial charge in [-0.1, -0.05) is 17.7 Å². The second-order valence-electron chi connectivity index (χ2n) is 3.59. The van der Waals surface area contributed by atoms with Crippen molar-refractivity contribution < 1.29 is 4.74 Å². The fourth-order valence-corrected chi connectivity index (χ4v) is 2.63. The quantitative estimate of drug-likeness (QED) is 0.908. The highest BCUT2D eigenvalue weighted by Gasteiger charge is 2.19. The molecule has 2 rings (SSSR count). The lowest BCUT2D eigenvalue weighted by atomic mass is 10.2. The molecule has 4 nitrogen and oxygen atoms in total. The fraction of sp³-hybridized carbons (Fsp3) is 0.364. The molecular weight excluding hydrogens is 258 g/mol. The Bertz CT molecular complexity index is 469. The van der Waals surface area contributed by atoms with Crippen LogP contribution >= 0.6 is 22.9 Å². The summed E-state index contributed by atoms with van der Waals surface area (Å²) in [5.41, 5.74) is 7.04. The molecule has 92 valence electrons. The Labute approximate surface area is 109 Å². The van der Waals surface area contributed by atoms with E-state index in [2.05, 4.69) is 5.10 Å². The summed E-state index contributed by atoms with van der Waals surface area (Å²) in [6.07, 6.45) is 1.63. The highest BCUT2D eigenvalue weighted by atomic mass is 35.5. The molecule has 0 radical (unpaired) electrons. The number of rotatable bonds is 5. The van der Waals surface area contributed by atoms with E-state index < -0.39 is 0 Å². The predicted molar refractivity (Wildman–Crippen MR) is 69.5 cm³/mol. The molecule has 0 fully saturated rings. The molecule has 0 spiro atoms. The van der Waals surface area contributed by atoms with Crippen LogP contribution in [0.3, 0.4) is 0 Å². The summed E-state index contributed by atoms with van der Waals surface area (Å²) in [6.45, 7) is 1.24. The summed E-state index contributed by atoms with van der Waals surface area (Å²) >= 11 is 7.75. The van der Waals surface area contributed by atoms with Crippen molar-refractivity contribution in [1.29, 1.82) is 0 Å². The first-order valence-corrected chi connectivity index (χ1v) is 6.49. The topological polar surface area (TPSA) is 53.1 Å². The number of nitrogens with two attached hydrogens (primary N) is 1. The summed E-state index contributed by atoms with van der Waals surface area (Å²) < 4.78 is 6.84. The van der Waals surface area contributed by atoms with Crippen LogP contribution < -0.4 is 5.73 Å². The van der Waals surface area contributed by atoms with Gasteiger partial charge in [-0.25, -0.2) is 0 Å². The molecule has 2 heterocycles. The molecule has 1 atom stereocenters. The van der Waals surface area contributed by atoms with E-state index >= 15 is 0 Å². The van der Waals surface area contributed by atoms with Crippen LogP contribution in [0, 0.1) is 0 Å². The van der Waals surface area contributed by atoms with Gasteiger partial charge >= 0.3 is 0 Å². The molecule has 0 saturated carbocycles. The molecule has 0 aliphatic rings. The van der Waals surface area contributed by atoms with Gasteiger partial charge in [0.25, 0.3) is 0 Å². The molecule has 2 aromatic heterocycles. The van der Waals surface area contributed by atoms with E-state index in [1.165, 1.54) is 0 Å². The van der Waals surface area contributed by atoms with Crippen molar-refractivity contribution in [3.05, 3.63) is 39.3 Å². The van der Waals surface area contributed by atoms with Crippen LogP contribution in [0.25, 0.3) is 0 Å². The number of halogens is 1. The molecule has 2 N–H and O–H groups in total. The van der Waals surface area contributed by atoms with Crippen LogP contribution in [-0.4, -0.2) is 23.5 Å². The third-order valence-electron chi connectivity index (χ3n) is 2.48. The number of thiophene rings is 1. The van der Waals surface area contributed by atoms with Gasteiger partial charge in [-0.2, -0.15) is 5.10 Å². The Balaban J connectivity index is 2.27. The van der Waals surface area contributed by atoms with Gasteiger partial charge in [0, 0.05) is 12.0 Å². The van der Waals surface area contributed by atoms with Gasteiger partial charge in [-0.05, 0) is 11.4 Å². The Hall–Kier alpha value is -0.880. The van der Waals surface area contributed by atoms with Crippen LogP contribution in [0.4, 0.5) is 0 Å². The second-order valence-corrected chi connectivity index (χ2v) is 4.97. The Morgan fingerprint density at radius 3 is 3.12 bits per heavy atom. The largest absolute Gasteiger partial charge is 0.383 e. The lowest BCUT2D eigenvalue weighted by Crippen LogP contribution is -2.18. The Kier molecular flexibility index (Phi) is 4.17. The Morgan fingerprint density at radius 2 is 2.47 bits per heavy atom. The molecule has 0 aliphatic heterocycles. The van der Waals surface area contributed by atoms with Crippen LogP contribution in [0.5, 0.6) is 0 Å². The minimum Gasteiger partial charge on any atom is -0.383 e. The van der Waals surface area contributed by atoms with Crippen LogP contribution in [0.1, 0.15) is 16.6 Å². The maximum atomic E-state index is 6.20. The second kappa shape index (κ2) is 5.64. The zero-order chi connectivity index (χ0) is 12.3. The predicted octanol–water partition coefficient (Wildman–Crippen LogP) is 2.29. The molecule has 1 unspecified atom stereocenters. The molecule has 2 aromatic rings. The van der Waals surface area contributed by atoms with E-state index in [1.807, 2.05) is 17.5 Å². The van der Waals surface area contributed by atoms with E-state index in [-0.39, 0.29) is 6.04 Å². The first-order valence-electron chi connectivity index (χ1n) is 5.23. The smallest absolute Gasteiger partial charge is 0.0838 e. The minimum absolute atomic E-state index is 0.234. The summed E-state index contributed by atoms with van der Waals surface area (Å²) in [5.74, 6) is 0. The molecule has 6 heteroatoms. The summed E-state index contributed by atoms with van der Waals surface area (Å²) in [5, 5.41) is 6.81. The zero-order valence-corrected chi connectivity index (χ0v) is 11.0. The van der Waals surface area contributed by atoms with Crippen molar-refractivity contribution in [2.45, 2.75) is 12.6 Å². The first-order chi connectivity index (χ1) is 8.24. The van der Waals surface area contributed by atoms with E-state index in [0.717, 1.165) is 10.6 Å².